The van der Waals surface area contributed by atoms with E-state index in [1.54, 1.807) is 20.3 Å². The Kier molecular flexibility index (Phi) is 6.69. The molecule has 1 fully saturated rings. The Morgan fingerprint density at radius 1 is 1.00 bits per heavy atom. The van der Waals surface area contributed by atoms with E-state index in [2.05, 4.69) is 14.9 Å². The summed E-state index contributed by atoms with van der Waals surface area (Å²) in [6.07, 6.45) is 3.55. The van der Waals surface area contributed by atoms with E-state index in [4.69, 9.17) is 20.2 Å². The number of piperidine rings is 1. The number of hydrogen-bond acceptors (Lipinski definition) is 8. The minimum atomic E-state index is -0.242. The Labute approximate surface area is 215 Å². The van der Waals surface area contributed by atoms with Gasteiger partial charge in [0.1, 0.15) is 17.5 Å². The zero-order chi connectivity index (χ0) is 26.0. The summed E-state index contributed by atoms with van der Waals surface area (Å²) in [6.45, 7) is 2.31. The smallest absolute Gasteiger partial charge is 0.227 e. The first-order valence-corrected chi connectivity index (χ1v) is 12.2. The molecule has 0 radical (unpaired) electrons. The molecule has 5 rings (SSSR count). The first-order chi connectivity index (χ1) is 17.9. The molecule has 2 N–H and O–H groups in total. The Balaban J connectivity index is 1.46. The molecular formula is C28H31FN6O2. The lowest BCUT2D eigenvalue weighted by molar-refractivity contribution is 0.333. The molecule has 2 aromatic carbocycles. The largest absolute Gasteiger partial charge is 0.493 e. The number of nitrogens with two attached hydrogens (primary N) is 1. The fraction of sp³-hybridized carbons (Fsp3) is 0.321. The molecule has 0 aliphatic carbocycles. The van der Waals surface area contributed by atoms with Crippen molar-refractivity contribution in [3.8, 4) is 11.5 Å². The number of nitrogen functional groups attached to an aromatic ring is 1. The van der Waals surface area contributed by atoms with Crippen LogP contribution in [0.3, 0.4) is 0 Å². The molecule has 9 heteroatoms. The van der Waals surface area contributed by atoms with Gasteiger partial charge >= 0.3 is 0 Å². The highest BCUT2D eigenvalue weighted by Crippen LogP contribution is 2.39. The maximum Gasteiger partial charge on any atom is 0.227 e. The highest BCUT2D eigenvalue weighted by Gasteiger charge is 2.38. The standard InChI is InChI=1S/C28H31FN6O2/c1-34(27-32-22-17-24(37-3)23(36-2)16-21(22)26(30)33-27)18-28(19-7-9-20(29)10-8-19)11-14-35(15-12-28)25-6-4-5-13-31-25/h4-10,13,16-17H,11-12,14-15,18H2,1-3H3,(H2,30,32,33). The molecule has 0 spiro atoms. The van der Waals surface area contributed by atoms with Crippen LogP contribution in [0.5, 0.6) is 11.5 Å². The number of methoxy groups -OCH3 is 2. The van der Waals surface area contributed by atoms with Gasteiger partial charge in [0.2, 0.25) is 5.95 Å². The summed E-state index contributed by atoms with van der Waals surface area (Å²) >= 11 is 0. The van der Waals surface area contributed by atoms with E-state index in [1.807, 2.05) is 54.5 Å². The molecule has 0 bridgehead atoms. The van der Waals surface area contributed by atoms with E-state index in [-0.39, 0.29) is 11.2 Å². The third-order valence-electron chi connectivity index (χ3n) is 7.25. The molecule has 0 atom stereocenters. The molecule has 0 amide bonds. The third kappa shape index (κ3) is 4.81. The quantitative estimate of drug-likeness (QED) is 0.397. The van der Waals surface area contributed by atoms with Crippen LogP contribution in [0.2, 0.25) is 0 Å². The van der Waals surface area contributed by atoms with Gasteiger partial charge in [0.15, 0.2) is 11.5 Å². The molecule has 0 saturated carbocycles. The van der Waals surface area contributed by atoms with Gasteiger partial charge in [0.25, 0.3) is 0 Å². The van der Waals surface area contributed by atoms with Crippen molar-refractivity contribution in [3.63, 3.8) is 0 Å². The van der Waals surface area contributed by atoms with Gasteiger partial charge in [-0.05, 0) is 48.7 Å². The second-order valence-corrected chi connectivity index (χ2v) is 9.45. The number of rotatable bonds is 7. The van der Waals surface area contributed by atoms with Crippen LogP contribution < -0.4 is 25.0 Å². The predicted octanol–water partition coefficient (Wildman–Crippen LogP) is 4.44. The molecule has 1 aliphatic rings. The van der Waals surface area contributed by atoms with E-state index >= 15 is 0 Å². The molecular weight excluding hydrogens is 471 g/mol. The number of aromatic nitrogens is 3. The van der Waals surface area contributed by atoms with E-state index in [0.717, 1.165) is 37.3 Å². The molecule has 1 saturated heterocycles. The summed E-state index contributed by atoms with van der Waals surface area (Å²) < 4.78 is 24.7. The van der Waals surface area contributed by atoms with Crippen molar-refractivity contribution in [3.05, 3.63) is 72.2 Å². The Morgan fingerprint density at radius 2 is 1.70 bits per heavy atom. The lowest BCUT2D eigenvalue weighted by Crippen LogP contribution is -2.49. The van der Waals surface area contributed by atoms with E-state index in [0.29, 0.717) is 40.7 Å². The van der Waals surface area contributed by atoms with Crippen molar-refractivity contribution in [1.82, 2.24) is 15.0 Å². The lowest BCUT2D eigenvalue weighted by atomic mass is 9.72. The third-order valence-corrected chi connectivity index (χ3v) is 7.25. The minimum Gasteiger partial charge on any atom is -0.493 e. The monoisotopic (exact) mass is 502 g/mol. The summed E-state index contributed by atoms with van der Waals surface area (Å²) in [4.78, 5) is 18.3. The van der Waals surface area contributed by atoms with Crippen LogP contribution in [-0.4, -0.2) is 55.9 Å². The van der Waals surface area contributed by atoms with Gasteiger partial charge in [-0.2, -0.15) is 4.98 Å². The molecule has 2 aromatic heterocycles. The van der Waals surface area contributed by atoms with Gasteiger partial charge in [-0.25, -0.2) is 14.4 Å². The number of anilines is 3. The number of nitrogens with zero attached hydrogens (tertiary/aromatic N) is 5. The summed E-state index contributed by atoms with van der Waals surface area (Å²) in [5.41, 5.74) is 7.91. The average Bonchev–Trinajstić information content (AvgIpc) is 2.93. The number of fused-ring (bicyclic) bond motifs is 1. The van der Waals surface area contributed by atoms with Crippen LogP contribution in [0, 0.1) is 5.82 Å². The van der Waals surface area contributed by atoms with Crippen LogP contribution in [-0.2, 0) is 5.41 Å². The van der Waals surface area contributed by atoms with Crippen molar-refractivity contribution in [2.75, 3.05) is 56.4 Å². The first-order valence-electron chi connectivity index (χ1n) is 12.2. The zero-order valence-corrected chi connectivity index (χ0v) is 21.3. The lowest BCUT2D eigenvalue weighted by Gasteiger charge is -2.44. The van der Waals surface area contributed by atoms with Gasteiger partial charge in [0, 0.05) is 49.7 Å². The van der Waals surface area contributed by atoms with Gasteiger partial charge < -0.3 is 25.0 Å². The van der Waals surface area contributed by atoms with Crippen LogP contribution in [0.15, 0.2) is 60.8 Å². The fourth-order valence-corrected chi connectivity index (χ4v) is 5.21. The Hall–Kier alpha value is -4.14. The van der Waals surface area contributed by atoms with Crippen LogP contribution in [0.25, 0.3) is 10.9 Å². The molecule has 3 heterocycles. The highest BCUT2D eigenvalue weighted by atomic mass is 19.1. The Bertz CT molecular complexity index is 1380. The maximum atomic E-state index is 13.8. The second-order valence-electron chi connectivity index (χ2n) is 9.45. The molecule has 4 aromatic rings. The Morgan fingerprint density at radius 3 is 2.35 bits per heavy atom. The fourth-order valence-electron chi connectivity index (χ4n) is 5.21. The summed E-state index contributed by atoms with van der Waals surface area (Å²) in [7, 11) is 5.14. The maximum absolute atomic E-state index is 13.8. The van der Waals surface area contributed by atoms with Crippen molar-refractivity contribution < 1.29 is 13.9 Å². The number of likely N-dealkylation sites (N-methyl/N-ethyl adjacent to an activating group) is 1. The minimum absolute atomic E-state index is 0.224. The van der Waals surface area contributed by atoms with E-state index < -0.39 is 0 Å². The van der Waals surface area contributed by atoms with Crippen LogP contribution in [0.4, 0.5) is 22.0 Å². The number of benzene rings is 2. The summed E-state index contributed by atoms with van der Waals surface area (Å²) in [5.74, 6) is 2.76. The highest BCUT2D eigenvalue weighted by molar-refractivity contribution is 5.91. The number of halogens is 1. The van der Waals surface area contributed by atoms with E-state index in [9.17, 15) is 4.39 Å². The van der Waals surface area contributed by atoms with Gasteiger partial charge in [0.05, 0.1) is 19.7 Å². The molecule has 0 unspecified atom stereocenters. The van der Waals surface area contributed by atoms with Crippen LogP contribution >= 0.6 is 0 Å². The average molecular weight is 503 g/mol. The van der Waals surface area contributed by atoms with Crippen molar-refractivity contribution >= 4 is 28.5 Å². The SMILES string of the molecule is COc1cc2nc(N(C)CC3(c4ccc(F)cc4)CCN(c4ccccn4)CC3)nc(N)c2cc1OC. The predicted molar refractivity (Wildman–Crippen MR) is 144 cm³/mol. The van der Waals surface area contributed by atoms with Crippen molar-refractivity contribution in [2.24, 2.45) is 0 Å². The van der Waals surface area contributed by atoms with Crippen molar-refractivity contribution in [2.45, 2.75) is 18.3 Å². The summed E-state index contributed by atoms with van der Waals surface area (Å²) in [5, 5.41) is 0.701. The van der Waals surface area contributed by atoms with Gasteiger partial charge in [-0.1, -0.05) is 18.2 Å². The number of hydrogen-bond donors (Lipinski definition) is 1. The zero-order valence-electron chi connectivity index (χ0n) is 21.3. The molecule has 37 heavy (non-hydrogen) atoms. The van der Waals surface area contributed by atoms with E-state index in [1.165, 1.54) is 12.1 Å². The normalized spacial score (nSPS) is 15.0. The molecule has 1 aliphatic heterocycles. The topological polar surface area (TPSA) is 89.6 Å². The van der Waals surface area contributed by atoms with Gasteiger partial charge in [-0.3, -0.25) is 0 Å². The van der Waals surface area contributed by atoms with Gasteiger partial charge in [-0.15, -0.1) is 0 Å². The summed E-state index contributed by atoms with van der Waals surface area (Å²) in [6, 6.07) is 16.4. The number of ether oxygens (including phenoxy) is 2. The second kappa shape index (κ2) is 10.1. The van der Waals surface area contributed by atoms with Crippen LogP contribution in [0.1, 0.15) is 18.4 Å². The molecule has 8 nitrogen and oxygen atoms in total. The number of pyridine rings is 1. The molecule has 192 valence electrons. The van der Waals surface area contributed by atoms with Crippen molar-refractivity contribution in [1.29, 1.82) is 0 Å². The first kappa shape index (κ1) is 24.5.